The fourth-order valence-corrected chi connectivity index (χ4v) is 2.79. The van der Waals surface area contributed by atoms with Crippen LogP contribution in [0, 0.1) is 5.92 Å². The summed E-state index contributed by atoms with van der Waals surface area (Å²) < 4.78 is 22.7. The first kappa shape index (κ1) is 12.2. The lowest BCUT2D eigenvalue weighted by Gasteiger charge is -2.15. The highest BCUT2D eigenvalue weighted by Gasteiger charge is 2.34. The first-order valence-electron chi connectivity index (χ1n) is 3.88. The van der Waals surface area contributed by atoms with E-state index in [2.05, 4.69) is 6.58 Å². The van der Waals surface area contributed by atoms with Crippen molar-refractivity contribution in [1.29, 1.82) is 0 Å². The summed E-state index contributed by atoms with van der Waals surface area (Å²) >= 11 is 0. The molecular weight excluding hydrogens is 192 g/mol. The Morgan fingerprint density at radius 1 is 1.54 bits per heavy atom. The van der Waals surface area contributed by atoms with Crippen molar-refractivity contribution in [3.05, 3.63) is 12.7 Å². The van der Waals surface area contributed by atoms with Crippen LogP contribution in [0.15, 0.2) is 12.7 Å². The number of carboxylic acids is 1. The van der Waals surface area contributed by atoms with Gasteiger partial charge in [0.2, 0.25) is 0 Å². The lowest BCUT2D eigenvalue weighted by atomic mass is 10.1. The third-order valence-corrected chi connectivity index (χ3v) is 3.81. The van der Waals surface area contributed by atoms with E-state index in [-0.39, 0.29) is 5.75 Å². The lowest BCUT2D eigenvalue weighted by molar-refractivity contribution is -0.137. The van der Waals surface area contributed by atoms with Crippen molar-refractivity contribution in [2.45, 2.75) is 19.1 Å². The monoisotopic (exact) mass is 206 g/mol. The Morgan fingerprint density at radius 3 is 2.23 bits per heavy atom. The molecule has 0 rings (SSSR count). The molecule has 0 amide bonds. The summed E-state index contributed by atoms with van der Waals surface area (Å²) in [5.74, 6) is -2.01. The van der Waals surface area contributed by atoms with Crippen molar-refractivity contribution in [1.82, 2.24) is 0 Å². The zero-order chi connectivity index (χ0) is 10.6. The molecule has 0 saturated heterocycles. The molecule has 0 bridgehead atoms. The quantitative estimate of drug-likeness (QED) is 0.672. The number of carbonyl (C=O) groups is 1. The summed E-state index contributed by atoms with van der Waals surface area (Å²) in [5, 5.41) is 7.36. The standard InChI is InChI=1S/C8H14O4S/c1-4-5-13(11,12)7(6(2)3)8(9)10/h4,6-7H,1,5H2,2-3H3,(H,9,10). The normalized spacial score (nSPS) is 14.1. The van der Waals surface area contributed by atoms with E-state index in [9.17, 15) is 13.2 Å². The van der Waals surface area contributed by atoms with E-state index < -0.39 is 27.0 Å². The minimum Gasteiger partial charge on any atom is -0.480 e. The third-order valence-electron chi connectivity index (χ3n) is 1.59. The van der Waals surface area contributed by atoms with Gasteiger partial charge in [-0.15, -0.1) is 6.58 Å². The summed E-state index contributed by atoms with van der Waals surface area (Å²) in [6, 6.07) is 0. The smallest absolute Gasteiger partial charge is 0.322 e. The summed E-state index contributed by atoms with van der Waals surface area (Å²) in [4.78, 5) is 10.6. The molecule has 76 valence electrons. The maximum absolute atomic E-state index is 11.4. The molecule has 0 aromatic heterocycles. The van der Waals surface area contributed by atoms with E-state index in [1.54, 1.807) is 13.8 Å². The highest BCUT2D eigenvalue weighted by molar-refractivity contribution is 7.92. The molecule has 0 aromatic carbocycles. The summed E-state index contributed by atoms with van der Waals surface area (Å²) in [5.41, 5.74) is 0. The molecule has 4 nitrogen and oxygen atoms in total. The van der Waals surface area contributed by atoms with Crippen LogP contribution in [0.25, 0.3) is 0 Å². The van der Waals surface area contributed by atoms with Crippen LogP contribution in [0.5, 0.6) is 0 Å². The van der Waals surface area contributed by atoms with Gasteiger partial charge in [0.1, 0.15) is 0 Å². The number of hydrogen-bond acceptors (Lipinski definition) is 3. The molecule has 0 aromatic rings. The summed E-state index contributed by atoms with van der Waals surface area (Å²) in [6.45, 7) is 6.41. The number of hydrogen-bond donors (Lipinski definition) is 1. The Kier molecular flexibility index (Phi) is 4.13. The van der Waals surface area contributed by atoms with E-state index in [4.69, 9.17) is 5.11 Å². The van der Waals surface area contributed by atoms with E-state index in [1.165, 1.54) is 6.08 Å². The summed E-state index contributed by atoms with van der Waals surface area (Å²) in [6.07, 6.45) is 1.20. The largest absolute Gasteiger partial charge is 0.480 e. The second kappa shape index (κ2) is 4.41. The van der Waals surface area contributed by atoms with Gasteiger partial charge in [-0.3, -0.25) is 4.79 Å². The number of rotatable bonds is 5. The van der Waals surface area contributed by atoms with Crippen LogP contribution in [0.4, 0.5) is 0 Å². The van der Waals surface area contributed by atoms with Crippen LogP contribution >= 0.6 is 0 Å². The van der Waals surface area contributed by atoms with Gasteiger partial charge >= 0.3 is 5.97 Å². The fourth-order valence-electron chi connectivity index (χ4n) is 1.12. The van der Waals surface area contributed by atoms with Crippen molar-refractivity contribution in [2.24, 2.45) is 5.92 Å². The zero-order valence-corrected chi connectivity index (χ0v) is 8.54. The Bertz CT molecular complexity index is 289. The van der Waals surface area contributed by atoms with Gasteiger partial charge in [-0.2, -0.15) is 0 Å². The molecule has 0 radical (unpaired) electrons. The van der Waals surface area contributed by atoms with Gasteiger partial charge in [-0.25, -0.2) is 8.42 Å². The van der Waals surface area contributed by atoms with E-state index >= 15 is 0 Å². The van der Waals surface area contributed by atoms with Crippen LogP contribution in [0.3, 0.4) is 0 Å². The van der Waals surface area contributed by atoms with Gasteiger partial charge in [0, 0.05) is 0 Å². The van der Waals surface area contributed by atoms with Crippen LogP contribution in [0.1, 0.15) is 13.8 Å². The molecule has 13 heavy (non-hydrogen) atoms. The molecule has 0 aliphatic heterocycles. The minimum absolute atomic E-state index is 0.290. The predicted molar refractivity (Wildman–Crippen MR) is 50.2 cm³/mol. The molecule has 0 spiro atoms. The molecule has 1 unspecified atom stereocenters. The second-order valence-corrected chi connectivity index (χ2v) is 5.29. The van der Waals surface area contributed by atoms with Crippen molar-refractivity contribution in [2.75, 3.05) is 5.75 Å². The third kappa shape index (κ3) is 3.18. The molecule has 0 heterocycles. The second-order valence-electron chi connectivity index (χ2n) is 3.12. The van der Waals surface area contributed by atoms with Crippen molar-refractivity contribution < 1.29 is 18.3 Å². The first-order valence-corrected chi connectivity index (χ1v) is 5.59. The zero-order valence-electron chi connectivity index (χ0n) is 7.73. The van der Waals surface area contributed by atoms with Crippen LogP contribution in [-0.2, 0) is 14.6 Å². The van der Waals surface area contributed by atoms with Gasteiger partial charge < -0.3 is 5.11 Å². The molecule has 1 atom stereocenters. The molecule has 0 fully saturated rings. The maximum Gasteiger partial charge on any atom is 0.322 e. The average Bonchev–Trinajstić information content (AvgIpc) is 1.82. The highest BCUT2D eigenvalue weighted by atomic mass is 32.2. The molecule has 5 heteroatoms. The maximum atomic E-state index is 11.4. The average molecular weight is 206 g/mol. The van der Waals surface area contributed by atoms with Crippen molar-refractivity contribution >= 4 is 15.8 Å². The highest BCUT2D eigenvalue weighted by Crippen LogP contribution is 2.13. The number of carboxylic acid groups (broad SMARTS) is 1. The predicted octanol–water partition coefficient (Wildman–Crippen LogP) is 0.696. The van der Waals surface area contributed by atoms with Gasteiger partial charge in [-0.1, -0.05) is 19.9 Å². The lowest BCUT2D eigenvalue weighted by Crippen LogP contribution is -2.36. The van der Waals surface area contributed by atoms with Gasteiger partial charge in [0.05, 0.1) is 5.75 Å². The van der Waals surface area contributed by atoms with Crippen molar-refractivity contribution in [3.63, 3.8) is 0 Å². The minimum atomic E-state index is -3.59. The Hall–Kier alpha value is -0.840. The molecular formula is C8H14O4S. The number of sulfone groups is 1. The van der Waals surface area contributed by atoms with Crippen molar-refractivity contribution in [3.8, 4) is 0 Å². The SMILES string of the molecule is C=CCS(=O)(=O)C(C(=O)O)C(C)C. The summed E-state index contributed by atoms with van der Waals surface area (Å²) in [7, 11) is -3.59. The molecule has 0 aliphatic rings. The Labute approximate surface area is 78.2 Å². The molecule has 1 N–H and O–H groups in total. The van der Waals surface area contributed by atoms with Crippen LogP contribution < -0.4 is 0 Å². The fraction of sp³-hybridized carbons (Fsp3) is 0.625. The van der Waals surface area contributed by atoms with E-state index in [0.717, 1.165) is 0 Å². The molecule has 0 saturated carbocycles. The van der Waals surface area contributed by atoms with E-state index in [1.807, 2.05) is 0 Å². The van der Waals surface area contributed by atoms with Crippen LogP contribution in [-0.4, -0.2) is 30.5 Å². The van der Waals surface area contributed by atoms with E-state index in [0.29, 0.717) is 0 Å². The van der Waals surface area contributed by atoms with Gasteiger partial charge in [-0.05, 0) is 5.92 Å². The topological polar surface area (TPSA) is 71.4 Å². The first-order chi connectivity index (χ1) is 5.83. The Balaban J connectivity index is 4.95. The molecule has 0 aliphatic carbocycles. The van der Waals surface area contributed by atoms with Gasteiger partial charge in [0.15, 0.2) is 15.1 Å². The Morgan fingerprint density at radius 2 is 2.00 bits per heavy atom. The van der Waals surface area contributed by atoms with Crippen LogP contribution in [0.2, 0.25) is 0 Å². The van der Waals surface area contributed by atoms with Gasteiger partial charge in [0.25, 0.3) is 0 Å². The number of aliphatic carboxylic acids is 1.